The van der Waals surface area contributed by atoms with Crippen LogP contribution in [0.1, 0.15) is 21.7 Å². The molecule has 0 aliphatic rings. The molecule has 2 rings (SSSR count). The number of aryl methyl sites for hydroxylation is 1. The maximum absolute atomic E-state index is 12.2. The smallest absolute Gasteiger partial charge is 0.275 e. The summed E-state index contributed by atoms with van der Waals surface area (Å²) in [4.78, 5) is 20.3. The van der Waals surface area contributed by atoms with Crippen molar-refractivity contribution in [2.24, 2.45) is 0 Å². The van der Waals surface area contributed by atoms with Crippen molar-refractivity contribution in [1.29, 1.82) is 0 Å². The Morgan fingerprint density at radius 1 is 1.35 bits per heavy atom. The molecule has 0 spiro atoms. The van der Waals surface area contributed by atoms with Gasteiger partial charge in [-0.2, -0.15) is 0 Å². The molecule has 5 nitrogen and oxygen atoms in total. The molecule has 2 aromatic rings. The van der Waals surface area contributed by atoms with Crippen molar-refractivity contribution in [2.45, 2.75) is 6.92 Å². The molecule has 0 bridgehead atoms. The van der Waals surface area contributed by atoms with E-state index >= 15 is 0 Å². The number of anilines is 1. The summed E-state index contributed by atoms with van der Waals surface area (Å²) in [5.74, 6) is 4.84. The second-order valence-corrected chi connectivity index (χ2v) is 4.00. The van der Waals surface area contributed by atoms with Crippen LogP contribution in [0.15, 0.2) is 36.7 Å². The van der Waals surface area contributed by atoms with Gasteiger partial charge in [-0.25, -0.2) is 4.98 Å². The van der Waals surface area contributed by atoms with Gasteiger partial charge < -0.3 is 10.4 Å². The van der Waals surface area contributed by atoms with E-state index in [0.717, 1.165) is 5.69 Å². The van der Waals surface area contributed by atoms with Crippen LogP contribution in [0, 0.1) is 18.8 Å². The standard InChI is InChI=1S/C15H13N3O2/c1-11-6-7-13(10-17-11)18-15(20)14-12(5-3-9-19)4-2-8-16-14/h2,4,6-8,10,19H,9H2,1H3,(H,18,20). The second-order valence-electron chi connectivity index (χ2n) is 4.00. The topological polar surface area (TPSA) is 75.1 Å². The van der Waals surface area contributed by atoms with Crippen LogP contribution in [0.3, 0.4) is 0 Å². The first-order valence-electron chi connectivity index (χ1n) is 5.99. The Labute approximate surface area is 116 Å². The molecule has 1 amide bonds. The molecule has 20 heavy (non-hydrogen) atoms. The summed E-state index contributed by atoms with van der Waals surface area (Å²) in [6.45, 7) is 1.60. The molecular weight excluding hydrogens is 254 g/mol. The largest absolute Gasteiger partial charge is 0.384 e. The van der Waals surface area contributed by atoms with Gasteiger partial charge in [0.25, 0.3) is 5.91 Å². The molecule has 2 heterocycles. The summed E-state index contributed by atoms with van der Waals surface area (Å²) in [5, 5.41) is 11.4. The molecule has 0 unspecified atom stereocenters. The first-order valence-corrected chi connectivity index (χ1v) is 5.99. The Bertz CT molecular complexity index is 670. The minimum Gasteiger partial charge on any atom is -0.384 e. The maximum atomic E-state index is 12.2. The lowest BCUT2D eigenvalue weighted by Gasteiger charge is -2.05. The van der Waals surface area contributed by atoms with Gasteiger partial charge in [-0.05, 0) is 31.2 Å². The van der Waals surface area contributed by atoms with Gasteiger partial charge in [0.2, 0.25) is 0 Å². The number of aromatic nitrogens is 2. The first kappa shape index (κ1) is 13.7. The average Bonchev–Trinajstić information content (AvgIpc) is 2.47. The third-order valence-corrected chi connectivity index (χ3v) is 2.49. The highest BCUT2D eigenvalue weighted by Gasteiger charge is 2.11. The van der Waals surface area contributed by atoms with Gasteiger partial charge in [-0.15, -0.1) is 0 Å². The number of amides is 1. The number of hydrogen-bond donors (Lipinski definition) is 2. The summed E-state index contributed by atoms with van der Waals surface area (Å²) in [6, 6.07) is 6.94. The Morgan fingerprint density at radius 2 is 2.20 bits per heavy atom. The predicted octanol–water partition coefficient (Wildman–Crippen LogP) is 1.38. The molecule has 0 aliphatic carbocycles. The zero-order chi connectivity index (χ0) is 14.4. The van der Waals surface area contributed by atoms with E-state index in [1.807, 2.05) is 6.92 Å². The molecule has 100 valence electrons. The number of aliphatic hydroxyl groups excluding tert-OH is 1. The van der Waals surface area contributed by atoms with Crippen molar-refractivity contribution in [3.05, 3.63) is 53.6 Å². The zero-order valence-electron chi connectivity index (χ0n) is 10.9. The van der Waals surface area contributed by atoms with E-state index in [9.17, 15) is 4.79 Å². The van der Waals surface area contributed by atoms with Crippen LogP contribution >= 0.6 is 0 Å². The van der Waals surface area contributed by atoms with Gasteiger partial charge >= 0.3 is 0 Å². The predicted molar refractivity (Wildman–Crippen MR) is 75.1 cm³/mol. The highest BCUT2D eigenvalue weighted by molar-refractivity contribution is 6.04. The lowest BCUT2D eigenvalue weighted by Crippen LogP contribution is -2.15. The lowest BCUT2D eigenvalue weighted by molar-refractivity contribution is 0.102. The minimum atomic E-state index is -0.363. The van der Waals surface area contributed by atoms with E-state index in [4.69, 9.17) is 5.11 Å². The number of carbonyl (C=O) groups is 1. The number of aliphatic hydroxyl groups is 1. The summed E-state index contributed by atoms with van der Waals surface area (Å²) in [7, 11) is 0. The van der Waals surface area contributed by atoms with Crippen LogP contribution in [0.25, 0.3) is 0 Å². The van der Waals surface area contributed by atoms with E-state index < -0.39 is 0 Å². The lowest BCUT2D eigenvalue weighted by atomic mass is 10.2. The van der Waals surface area contributed by atoms with Crippen molar-refractivity contribution in [2.75, 3.05) is 11.9 Å². The van der Waals surface area contributed by atoms with Gasteiger partial charge in [-0.3, -0.25) is 9.78 Å². The number of hydrogen-bond acceptors (Lipinski definition) is 4. The van der Waals surface area contributed by atoms with Crippen LogP contribution in [0.2, 0.25) is 0 Å². The van der Waals surface area contributed by atoms with E-state index in [-0.39, 0.29) is 18.2 Å². The quantitative estimate of drug-likeness (QED) is 0.806. The van der Waals surface area contributed by atoms with Crippen molar-refractivity contribution in [3.63, 3.8) is 0 Å². The maximum Gasteiger partial charge on any atom is 0.275 e. The molecule has 2 aromatic heterocycles. The SMILES string of the molecule is Cc1ccc(NC(=O)c2ncccc2C#CCO)cn1. The van der Waals surface area contributed by atoms with Crippen LogP contribution in [0.5, 0.6) is 0 Å². The van der Waals surface area contributed by atoms with Crippen LogP contribution in [-0.2, 0) is 0 Å². The van der Waals surface area contributed by atoms with E-state index in [1.165, 1.54) is 6.20 Å². The van der Waals surface area contributed by atoms with E-state index in [1.54, 1.807) is 30.5 Å². The normalized spacial score (nSPS) is 9.50. The van der Waals surface area contributed by atoms with Crippen molar-refractivity contribution < 1.29 is 9.90 Å². The molecule has 0 aromatic carbocycles. The molecule has 0 fully saturated rings. The van der Waals surface area contributed by atoms with Crippen LogP contribution in [-0.4, -0.2) is 27.6 Å². The molecule has 5 heteroatoms. The highest BCUT2D eigenvalue weighted by atomic mass is 16.2. The molecule has 0 saturated heterocycles. The van der Waals surface area contributed by atoms with Gasteiger partial charge in [0.15, 0.2) is 0 Å². The van der Waals surface area contributed by atoms with Crippen molar-refractivity contribution in [3.8, 4) is 11.8 Å². The summed E-state index contributed by atoms with van der Waals surface area (Å²) in [5.41, 5.74) is 2.15. The summed E-state index contributed by atoms with van der Waals surface area (Å²) in [6.07, 6.45) is 3.10. The van der Waals surface area contributed by atoms with E-state index in [0.29, 0.717) is 11.3 Å². The fourth-order valence-corrected chi connectivity index (χ4v) is 1.55. The van der Waals surface area contributed by atoms with Gasteiger partial charge in [0.05, 0.1) is 17.4 Å². The van der Waals surface area contributed by atoms with Crippen molar-refractivity contribution >= 4 is 11.6 Å². The fraction of sp³-hybridized carbons (Fsp3) is 0.133. The van der Waals surface area contributed by atoms with Crippen molar-refractivity contribution in [1.82, 2.24) is 9.97 Å². The van der Waals surface area contributed by atoms with Crippen LogP contribution in [0.4, 0.5) is 5.69 Å². The second kappa shape index (κ2) is 6.45. The number of nitrogens with zero attached hydrogens (tertiary/aromatic N) is 2. The zero-order valence-corrected chi connectivity index (χ0v) is 10.9. The number of nitrogens with one attached hydrogen (secondary N) is 1. The molecule has 0 aliphatic heterocycles. The Hall–Kier alpha value is -2.71. The Morgan fingerprint density at radius 3 is 2.90 bits per heavy atom. The molecule has 2 N–H and O–H groups in total. The number of carbonyl (C=O) groups excluding carboxylic acids is 1. The van der Waals surface area contributed by atoms with Gasteiger partial charge in [-0.1, -0.05) is 11.8 Å². The van der Waals surface area contributed by atoms with Gasteiger partial charge in [0, 0.05) is 11.9 Å². The molecule has 0 saturated carbocycles. The fourth-order valence-electron chi connectivity index (χ4n) is 1.55. The minimum absolute atomic E-state index is 0.217. The Balaban J connectivity index is 2.23. The third kappa shape index (κ3) is 3.40. The number of rotatable bonds is 2. The first-order chi connectivity index (χ1) is 9.70. The monoisotopic (exact) mass is 267 g/mol. The highest BCUT2D eigenvalue weighted by Crippen LogP contribution is 2.10. The number of pyridine rings is 2. The summed E-state index contributed by atoms with van der Waals surface area (Å²) < 4.78 is 0. The third-order valence-electron chi connectivity index (χ3n) is 2.49. The van der Waals surface area contributed by atoms with Gasteiger partial charge in [0.1, 0.15) is 12.3 Å². The Kier molecular flexibility index (Phi) is 4.43. The van der Waals surface area contributed by atoms with E-state index in [2.05, 4.69) is 27.1 Å². The molecule has 0 radical (unpaired) electrons. The summed E-state index contributed by atoms with van der Waals surface area (Å²) >= 11 is 0. The average molecular weight is 267 g/mol. The van der Waals surface area contributed by atoms with Crippen LogP contribution < -0.4 is 5.32 Å². The molecular formula is C15H13N3O2. The molecule has 0 atom stereocenters.